The summed E-state index contributed by atoms with van der Waals surface area (Å²) in [5.74, 6) is 1.72. The normalized spacial score (nSPS) is 14.3. The van der Waals surface area contributed by atoms with Gasteiger partial charge in [-0.15, -0.1) is 6.58 Å². The summed E-state index contributed by atoms with van der Waals surface area (Å²) in [6, 6.07) is 0. The van der Waals surface area contributed by atoms with Crippen molar-refractivity contribution in [3.63, 3.8) is 0 Å². The summed E-state index contributed by atoms with van der Waals surface area (Å²) in [6.07, 6.45) is 22.5. The molecule has 0 saturated heterocycles. The Bertz CT molecular complexity index is 286. The number of unbranched alkanes of at least 4 members (excludes halogenated alkanes) is 8. The van der Waals surface area contributed by atoms with Crippen LogP contribution in [-0.2, 0) is 0 Å². The molecule has 0 aliphatic rings. The second-order valence-corrected chi connectivity index (χ2v) is 7.77. The maximum Gasteiger partial charge on any atom is -0.0322 e. The molecular weight excluding hydrogens is 276 g/mol. The van der Waals surface area contributed by atoms with Crippen molar-refractivity contribution in [2.45, 2.75) is 111 Å². The Balaban J connectivity index is 3.45. The summed E-state index contributed by atoms with van der Waals surface area (Å²) in [4.78, 5) is 0. The van der Waals surface area contributed by atoms with Crippen LogP contribution in [0.4, 0.5) is 0 Å². The Morgan fingerprint density at radius 3 is 2.17 bits per heavy atom. The molecule has 0 aliphatic carbocycles. The van der Waals surface area contributed by atoms with Gasteiger partial charge in [0.25, 0.3) is 0 Å². The Kier molecular flexibility index (Phi) is 16.0. The molecule has 0 rings (SSSR count). The zero-order chi connectivity index (χ0) is 17.3. The summed E-state index contributed by atoms with van der Waals surface area (Å²) in [5.41, 5.74) is 1.33. The molecule has 0 aliphatic heterocycles. The van der Waals surface area contributed by atoms with Gasteiger partial charge in [0.1, 0.15) is 0 Å². The van der Waals surface area contributed by atoms with E-state index < -0.39 is 0 Å². The van der Waals surface area contributed by atoms with Crippen LogP contribution in [0.3, 0.4) is 0 Å². The molecule has 2 atom stereocenters. The zero-order valence-electron chi connectivity index (χ0n) is 16.7. The number of allylic oxidation sites excluding steroid dienone is 3. The van der Waals surface area contributed by atoms with Crippen molar-refractivity contribution in [2.75, 3.05) is 0 Å². The van der Waals surface area contributed by atoms with Crippen LogP contribution in [0.2, 0.25) is 0 Å². The van der Waals surface area contributed by atoms with Crippen LogP contribution < -0.4 is 0 Å². The van der Waals surface area contributed by atoms with Gasteiger partial charge in [-0.05, 0) is 50.9 Å². The van der Waals surface area contributed by atoms with E-state index in [0.29, 0.717) is 0 Å². The lowest BCUT2D eigenvalue weighted by Gasteiger charge is -2.18. The van der Waals surface area contributed by atoms with E-state index in [1.165, 1.54) is 89.0 Å². The summed E-state index contributed by atoms with van der Waals surface area (Å²) in [5, 5.41) is 0. The molecule has 0 aromatic carbocycles. The maximum atomic E-state index is 3.96. The highest BCUT2D eigenvalue weighted by atomic mass is 14.2. The van der Waals surface area contributed by atoms with E-state index in [0.717, 1.165) is 11.8 Å². The Labute approximate surface area is 147 Å². The fourth-order valence-electron chi connectivity index (χ4n) is 3.06. The van der Waals surface area contributed by atoms with E-state index in [1.54, 1.807) is 0 Å². The van der Waals surface area contributed by atoms with Gasteiger partial charge in [0.2, 0.25) is 0 Å². The molecule has 23 heavy (non-hydrogen) atoms. The molecule has 0 radical (unpaired) electrons. The van der Waals surface area contributed by atoms with Gasteiger partial charge >= 0.3 is 0 Å². The highest BCUT2D eigenvalue weighted by molar-refractivity contribution is 4.87. The van der Waals surface area contributed by atoms with Gasteiger partial charge in [-0.2, -0.15) is 0 Å². The van der Waals surface area contributed by atoms with Gasteiger partial charge in [0, 0.05) is 0 Å². The fraction of sp³-hybridized carbons (Fsp3) is 0.826. The third-order valence-electron chi connectivity index (χ3n) is 5.13. The van der Waals surface area contributed by atoms with E-state index >= 15 is 0 Å². The second kappa shape index (κ2) is 16.3. The molecule has 0 fully saturated rings. The summed E-state index contributed by atoms with van der Waals surface area (Å²) in [6.45, 7) is 13.3. The topological polar surface area (TPSA) is 0 Å². The lowest BCUT2D eigenvalue weighted by molar-refractivity contribution is 0.353. The van der Waals surface area contributed by atoms with E-state index in [1.807, 2.05) is 0 Å². The standard InChI is InChI=1S/C23H44/c1-6-7-8-16-19-22(4)23(5)20-17-14-12-10-9-11-13-15-18-21(2)3/h14,17,22-23H,2,6-13,15-16,18-20H2,1,3-5H3. The van der Waals surface area contributed by atoms with E-state index in [9.17, 15) is 0 Å². The van der Waals surface area contributed by atoms with E-state index in [4.69, 9.17) is 0 Å². The van der Waals surface area contributed by atoms with Crippen molar-refractivity contribution in [1.82, 2.24) is 0 Å². The minimum Gasteiger partial charge on any atom is -0.100 e. The molecule has 0 amide bonds. The third kappa shape index (κ3) is 16.1. The molecule has 2 unspecified atom stereocenters. The van der Waals surface area contributed by atoms with Crippen LogP contribution in [0, 0.1) is 11.8 Å². The fourth-order valence-corrected chi connectivity index (χ4v) is 3.06. The summed E-state index contributed by atoms with van der Waals surface area (Å²) >= 11 is 0. The minimum absolute atomic E-state index is 0.843. The SMILES string of the molecule is C=C(C)CCCCCCCC=CCC(C)C(C)CCCCCC. The molecule has 0 aromatic heterocycles. The van der Waals surface area contributed by atoms with Gasteiger partial charge in [0.15, 0.2) is 0 Å². The largest absolute Gasteiger partial charge is 0.100 e. The molecule has 0 saturated carbocycles. The van der Waals surface area contributed by atoms with Gasteiger partial charge < -0.3 is 0 Å². The molecule has 0 aromatic rings. The van der Waals surface area contributed by atoms with E-state index in [2.05, 4.69) is 46.4 Å². The summed E-state index contributed by atoms with van der Waals surface area (Å²) in [7, 11) is 0. The molecule has 0 spiro atoms. The van der Waals surface area contributed by atoms with Crippen molar-refractivity contribution in [2.24, 2.45) is 11.8 Å². The van der Waals surface area contributed by atoms with E-state index in [-0.39, 0.29) is 0 Å². The van der Waals surface area contributed by atoms with Crippen molar-refractivity contribution in [3.05, 3.63) is 24.3 Å². The molecular formula is C23H44. The zero-order valence-corrected chi connectivity index (χ0v) is 16.7. The average molecular weight is 321 g/mol. The van der Waals surface area contributed by atoms with Gasteiger partial charge in [0.05, 0.1) is 0 Å². The average Bonchev–Trinajstić information content (AvgIpc) is 2.52. The molecule has 0 heterocycles. The molecule has 0 N–H and O–H groups in total. The van der Waals surface area contributed by atoms with Gasteiger partial charge in [-0.3, -0.25) is 0 Å². The molecule has 0 heteroatoms. The monoisotopic (exact) mass is 320 g/mol. The first-order valence-electron chi connectivity index (χ1n) is 10.4. The second-order valence-electron chi connectivity index (χ2n) is 7.77. The first-order chi connectivity index (χ1) is 11.1. The predicted molar refractivity (Wildman–Crippen MR) is 108 cm³/mol. The van der Waals surface area contributed by atoms with Crippen LogP contribution in [-0.4, -0.2) is 0 Å². The Morgan fingerprint density at radius 2 is 1.48 bits per heavy atom. The van der Waals surface area contributed by atoms with Crippen molar-refractivity contribution >= 4 is 0 Å². The van der Waals surface area contributed by atoms with Crippen LogP contribution in [0.25, 0.3) is 0 Å². The highest BCUT2D eigenvalue weighted by Crippen LogP contribution is 2.22. The predicted octanol–water partition coefficient (Wildman–Crippen LogP) is 8.48. The minimum atomic E-state index is 0.843. The third-order valence-corrected chi connectivity index (χ3v) is 5.13. The van der Waals surface area contributed by atoms with Crippen LogP contribution in [0.15, 0.2) is 24.3 Å². The van der Waals surface area contributed by atoms with Gasteiger partial charge in [-0.1, -0.05) is 89.9 Å². The van der Waals surface area contributed by atoms with Gasteiger partial charge in [-0.25, -0.2) is 0 Å². The molecule has 0 bridgehead atoms. The van der Waals surface area contributed by atoms with Crippen molar-refractivity contribution in [3.8, 4) is 0 Å². The number of hydrogen-bond donors (Lipinski definition) is 0. The van der Waals surface area contributed by atoms with Crippen molar-refractivity contribution in [1.29, 1.82) is 0 Å². The van der Waals surface area contributed by atoms with Crippen LogP contribution >= 0.6 is 0 Å². The summed E-state index contributed by atoms with van der Waals surface area (Å²) < 4.78 is 0. The Hall–Kier alpha value is -0.520. The highest BCUT2D eigenvalue weighted by Gasteiger charge is 2.09. The first-order valence-corrected chi connectivity index (χ1v) is 10.4. The van der Waals surface area contributed by atoms with Crippen molar-refractivity contribution < 1.29 is 0 Å². The number of hydrogen-bond acceptors (Lipinski definition) is 0. The lowest BCUT2D eigenvalue weighted by atomic mass is 9.88. The van der Waals surface area contributed by atoms with Crippen LogP contribution in [0.1, 0.15) is 111 Å². The van der Waals surface area contributed by atoms with Crippen LogP contribution in [0.5, 0.6) is 0 Å². The number of rotatable bonds is 16. The lowest BCUT2D eigenvalue weighted by Crippen LogP contribution is -2.06. The molecule has 0 nitrogen and oxygen atoms in total. The smallest absolute Gasteiger partial charge is 0.0322 e. The maximum absolute atomic E-state index is 3.96. The molecule has 136 valence electrons. The Morgan fingerprint density at radius 1 is 0.826 bits per heavy atom. The quantitative estimate of drug-likeness (QED) is 0.197. The first kappa shape index (κ1) is 22.5.